The van der Waals surface area contributed by atoms with Crippen molar-refractivity contribution in [2.45, 2.75) is 57.9 Å². The van der Waals surface area contributed by atoms with E-state index in [2.05, 4.69) is 12.2 Å². The maximum atomic E-state index is 13.7. The van der Waals surface area contributed by atoms with Gasteiger partial charge in [-0.25, -0.2) is 4.39 Å². The van der Waals surface area contributed by atoms with Crippen LogP contribution in [0.5, 0.6) is 0 Å². The molecule has 1 heterocycles. The lowest BCUT2D eigenvalue weighted by molar-refractivity contribution is -0.141. The van der Waals surface area contributed by atoms with Gasteiger partial charge in [0.2, 0.25) is 11.8 Å². The zero-order valence-corrected chi connectivity index (χ0v) is 14.9. The van der Waals surface area contributed by atoms with Crippen LogP contribution >= 0.6 is 0 Å². The number of piperidine rings is 1. The predicted octanol–water partition coefficient (Wildman–Crippen LogP) is 3.06. The van der Waals surface area contributed by atoms with Gasteiger partial charge in [0, 0.05) is 31.0 Å². The molecule has 0 aromatic heterocycles. The van der Waals surface area contributed by atoms with E-state index in [4.69, 9.17) is 0 Å². The number of benzene rings is 1. The number of nitrogens with one attached hydrogen (secondary N) is 1. The molecule has 3 rings (SSSR count). The Morgan fingerprint density at radius 2 is 2.16 bits per heavy atom. The molecule has 1 aromatic carbocycles. The summed E-state index contributed by atoms with van der Waals surface area (Å²) in [6.45, 7) is 3.47. The first kappa shape index (κ1) is 17.9. The van der Waals surface area contributed by atoms with Crippen molar-refractivity contribution in [2.75, 3.05) is 13.1 Å². The minimum absolute atomic E-state index is 0.00598. The topological polar surface area (TPSA) is 49.4 Å². The quantitative estimate of drug-likeness (QED) is 0.861. The molecule has 2 fully saturated rings. The summed E-state index contributed by atoms with van der Waals surface area (Å²) in [6, 6.07) is 6.63. The highest BCUT2D eigenvalue weighted by Gasteiger charge is 2.49. The zero-order valence-electron chi connectivity index (χ0n) is 14.9. The third-order valence-corrected chi connectivity index (χ3v) is 5.80. The number of nitrogens with zero attached hydrogens (tertiary/aromatic N) is 1. The first-order valence-corrected chi connectivity index (χ1v) is 9.35. The van der Waals surface area contributed by atoms with Crippen LogP contribution in [0, 0.1) is 11.2 Å². The smallest absolute Gasteiger partial charge is 0.224 e. The number of hydrogen-bond acceptors (Lipinski definition) is 2. The summed E-state index contributed by atoms with van der Waals surface area (Å²) >= 11 is 0. The molecule has 2 atom stereocenters. The van der Waals surface area contributed by atoms with Crippen LogP contribution < -0.4 is 5.32 Å². The Morgan fingerprint density at radius 3 is 2.92 bits per heavy atom. The van der Waals surface area contributed by atoms with E-state index in [1.165, 1.54) is 6.07 Å². The summed E-state index contributed by atoms with van der Waals surface area (Å²) in [5.41, 5.74) is 0.417. The fraction of sp³-hybridized carbons (Fsp3) is 0.600. The van der Waals surface area contributed by atoms with Crippen LogP contribution in [0.1, 0.15) is 51.0 Å². The second kappa shape index (κ2) is 7.54. The number of carbonyl (C=O) groups is 2. The molecule has 25 heavy (non-hydrogen) atoms. The number of carbonyl (C=O) groups excluding carboxylic acids is 2. The molecule has 2 amide bonds. The lowest BCUT2D eigenvalue weighted by atomic mass is 9.74. The summed E-state index contributed by atoms with van der Waals surface area (Å²) in [5.74, 6) is -0.238. The summed E-state index contributed by atoms with van der Waals surface area (Å²) in [5, 5.41) is 3.02. The van der Waals surface area contributed by atoms with Gasteiger partial charge in [-0.2, -0.15) is 0 Å². The van der Waals surface area contributed by atoms with E-state index in [-0.39, 0.29) is 35.5 Å². The van der Waals surface area contributed by atoms with E-state index >= 15 is 0 Å². The van der Waals surface area contributed by atoms with Crippen LogP contribution in [0.2, 0.25) is 0 Å². The summed E-state index contributed by atoms with van der Waals surface area (Å²) in [7, 11) is 0. The van der Waals surface area contributed by atoms with E-state index < -0.39 is 0 Å². The van der Waals surface area contributed by atoms with Crippen molar-refractivity contribution in [3.8, 4) is 0 Å². The molecule has 1 saturated heterocycles. The lowest BCUT2D eigenvalue weighted by Gasteiger charge is -2.46. The van der Waals surface area contributed by atoms with Crippen molar-refractivity contribution >= 4 is 11.8 Å². The van der Waals surface area contributed by atoms with E-state index in [9.17, 15) is 14.0 Å². The van der Waals surface area contributed by atoms with Crippen LogP contribution in [0.25, 0.3) is 0 Å². The zero-order chi connectivity index (χ0) is 17.9. The van der Waals surface area contributed by atoms with E-state index in [0.717, 1.165) is 38.6 Å². The Labute approximate surface area is 148 Å². The van der Waals surface area contributed by atoms with Crippen LogP contribution in [-0.4, -0.2) is 35.8 Å². The molecule has 1 N–H and O–H groups in total. The Morgan fingerprint density at radius 1 is 1.36 bits per heavy atom. The van der Waals surface area contributed by atoms with E-state index in [1.54, 1.807) is 18.2 Å². The highest BCUT2D eigenvalue weighted by molar-refractivity contribution is 5.79. The highest BCUT2D eigenvalue weighted by atomic mass is 19.1. The third-order valence-electron chi connectivity index (χ3n) is 5.80. The van der Waals surface area contributed by atoms with Crippen molar-refractivity contribution in [3.63, 3.8) is 0 Å². The van der Waals surface area contributed by atoms with Crippen LogP contribution in [-0.2, 0) is 16.0 Å². The van der Waals surface area contributed by atoms with Crippen molar-refractivity contribution in [3.05, 3.63) is 35.6 Å². The van der Waals surface area contributed by atoms with Crippen LogP contribution in [0.3, 0.4) is 0 Å². The van der Waals surface area contributed by atoms with Gasteiger partial charge < -0.3 is 10.2 Å². The van der Waals surface area contributed by atoms with Gasteiger partial charge in [0.15, 0.2) is 0 Å². The summed E-state index contributed by atoms with van der Waals surface area (Å²) in [6.07, 6.45) is 5.60. The molecule has 0 radical (unpaired) electrons. The summed E-state index contributed by atoms with van der Waals surface area (Å²) < 4.78 is 13.7. The molecular formula is C20H27FN2O2. The number of likely N-dealkylation sites (tertiary alicyclic amines) is 1. The molecule has 0 spiro atoms. The van der Waals surface area contributed by atoms with E-state index in [0.29, 0.717) is 18.5 Å². The maximum Gasteiger partial charge on any atom is 0.224 e. The van der Waals surface area contributed by atoms with Crippen molar-refractivity contribution in [1.29, 1.82) is 0 Å². The van der Waals surface area contributed by atoms with Gasteiger partial charge in [0.1, 0.15) is 5.82 Å². The first-order chi connectivity index (χ1) is 12.1. The van der Waals surface area contributed by atoms with Crippen LogP contribution in [0.4, 0.5) is 4.39 Å². The number of rotatable bonds is 6. The standard InChI is InChI=1S/C20H27FN2O2/c1-2-12-23-17-8-5-10-20(17,11-9-19(23)25)14-22-18(24)13-15-6-3-4-7-16(15)21/h3-4,6-7,17H,2,5,8-14H2,1H3,(H,22,24)/t17-,20+/m1/s1. The summed E-state index contributed by atoms with van der Waals surface area (Å²) in [4.78, 5) is 26.6. The molecule has 1 aliphatic carbocycles. The average Bonchev–Trinajstić information content (AvgIpc) is 3.03. The Balaban J connectivity index is 1.64. The van der Waals surface area contributed by atoms with Gasteiger partial charge in [-0.1, -0.05) is 31.5 Å². The van der Waals surface area contributed by atoms with E-state index in [1.807, 2.05) is 4.90 Å². The Kier molecular flexibility index (Phi) is 5.40. The first-order valence-electron chi connectivity index (χ1n) is 9.35. The lowest BCUT2D eigenvalue weighted by Crippen LogP contribution is -2.56. The molecule has 2 aliphatic rings. The number of hydrogen-bond donors (Lipinski definition) is 1. The third kappa shape index (κ3) is 3.70. The van der Waals surface area contributed by atoms with Gasteiger partial charge in [-0.3, -0.25) is 9.59 Å². The van der Waals surface area contributed by atoms with Crippen molar-refractivity contribution in [1.82, 2.24) is 10.2 Å². The Bertz CT molecular complexity index is 648. The molecule has 5 heteroatoms. The fourth-order valence-corrected chi connectivity index (χ4v) is 4.54. The minimum Gasteiger partial charge on any atom is -0.355 e. The van der Waals surface area contributed by atoms with Gasteiger partial charge in [0.05, 0.1) is 6.42 Å². The van der Waals surface area contributed by atoms with Crippen molar-refractivity contribution in [2.24, 2.45) is 5.41 Å². The molecule has 1 aliphatic heterocycles. The fourth-order valence-electron chi connectivity index (χ4n) is 4.54. The van der Waals surface area contributed by atoms with Crippen molar-refractivity contribution < 1.29 is 14.0 Å². The predicted molar refractivity (Wildman–Crippen MR) is 94.4 cm³/mol. The normalized spacial score (nSPS) is 25.8. The second-order valence-corrected chi connectivity index (χ2v) is 7.40. The minimum atomic E-state index is -0.341. The van der Waals surface area contributed by atoms with Gasteiger partial charge in [-0.15, -0.1) is 0 Å². The second-order valence-electron chi connectivity index (χ2n) is 7.40. The average molecular weight is 346 g/mol. The SMILES string of the molecule is CCCN1C(=O)CC[C@]2(CNC(=O)Cc3ccccc3F)CCC[C@@H]12. The largest absolute Gasteiger partial charge is 0.355 e. The number of amides is 2. The van der Waals surface area contributed by atoms with Gasteiger partial charge in [-0.05, 0) is 37.3 Å². The maximum absolute atomic E-state index is 13.7. The Hall–Kier alpha value is -1.91. The monoisotopic (exact) mass is 346 g/mol. The number of fused-ring (bicyclic) bond motifs is 1. The molecule has 4 nitrogen and oxygen atoms in total. The molecule has 136 valence electrons. The molecule has 0 bridgehead atoms. The molecule has 1 aromatic rings. The van der Waals surface area contributed by atoms with Gasteiger partial charge >= 0.3 is 0 Å². The molecule has 1 saturated carbocycles. The molecule has 0 unspecified atom stereocenters. The van der Waals surface area contributed by atoms with Gasteiger partial charge in [0.25, 0.3) is 0 Å². The number of halogens is 1. The van der Waals surface area contributed by atoms with Crippen LogP contribution in [0.15, 0.2) is 24.3 Å². The molecular weight excluding hydrogens is 319 g/mol. The highest BCUT2D eigenvalue weighted by Crippen LogP contribution is 2.47.